The Bertz CT molecular complexity index is 335. The quantitative estimate of drug-likeness (QED) is 0.822. The third kappa shape index (κ3) is 4.26. The van der Waals surface area contributed by atoms with Gasteiger partial charge in [0.25, 0.3) is 0 Å². The van der Waals surface area contributed by atoms with Crippen molar-refractivity contribution in [2.75, 3.05) is 0 Å². The van der Waals surface area contributed by atoms with Gasteiger partial charge in [-0.05, 0) is 5.56 Å². The number of nitrogens with one attached hydrogen (secondary N) is 1. The molecule has 2 amide bonds. The van der Waals surface area contributed by atoms with Gasteiger partial charge in [-0.3, -0.25) is 10.1 Å². The van der Waals surface area contributed by atoms with Gasteiger partial charge in [-0.2, -0.15) is 0 Å². The Kier molecular flexibility index (Phi) is 4.34. The third-order valence-corrected chi connectivity index (χ3v) is 1.78. The smallest absolute Gasteiger partial charge is 0.414 e. The van der Waals surface area contributed by atoms with Gasteiger partial charge in [0.2, 0.25) is 5.91 Å². The Balaban J connectivity index is 2.32. The highest BCUT2D eigenvalue weighted by molar-refractivity contribution is 5.91. The summed E-state index contributed by atoms with van der Waals surface area (Å²) in [5.74, 6) is -0.340. The van der Waals surface area contributed by atoms with Crippen LogP contribution in [0.1, 0.15) is 18.9 Å². The summed E-state index contributed by atoms with van der Waals surface area (Å²) in [4.78, 5) is 21.9. The van der Waals surface area contributed by atoms with Crippen molar-refractivity contribution in [2.24, 2.45) is 0 Å². The average molecular weight is 207 g/mol. The maximum Gasteiger partial charge on any atom is 0.414 e. The number of carbonyl (C=O) groups excluding carboxylic acids is 2. The highest BCUT2D eigenvalue weighted by Crippen LogP contribution is 2.00. The number of hydrogen-bond acceptors (Lipinski definition) is 3. The van der Waals surface area contributed by atoms with Gasteiger partial charge in [-0.25, -0.2) is 4.79 Å². The van der Waals surface area contributed by atoms with Crippen LogP contribution < -0.4 is 5.32 Å². The number of benzene rings is 1. The molecule has 0 saturated carbocycles. The van der Waals surface area contributed by atoms with Gasteiger partial charge in [0.1, 0.15) is 6.61 Å². The lowest BCUT2D eigenvalue weighted by Crippen LogP contribution is -2.30. The van der Waals surface area contributed by atoms with Crippen LogP contribution in [0.3, 0.4) is 0 Å². The molecule has 0 aliphatic heterocycles. The summed E-state index contributed by atoms with van der Waals surface area (Å²) >= 11 is 0. The summed E-state index contributed by atoms with van der Waals surface area (Å²) < 4.78 is 4.83. The molecular formula is C11H13NO3. The predicted molar refractivity (Wildman–Crippen MR) is 55.1 cm³/mol. The molecule has 0 bridgehead atoms. The lowest BCUT2D eigenvalue weighted by atomic mass is 10.2. The SMILES string of the molecule is CCC(=O)NC(=O)OCc1ccccc1. The minimum atomic E-state index is -0.703. The Morgan fingerprint density at radius 1 is 1.27 bits per heavy atom. The van der Waals surface area contributed by atoms with Gasteiger partial charge >= 0.3 is 6.09 Å². The topological polar surface area (TPSA) is 55.4 Å². The average Bonchev–Trinajstić information content (AvgIpc) is 2.27. The summed E-state index contributed by atoms with van der Waals surface area (Å²) in [6, 6.07) is 9.27. The first-order valence-electron chi connectivity index (χ1n) is 4.73. The number of rotatable bonds is 3. The highest BCUT2D eigenvalue weighted by atomic mass is 16.5. The highest BCUT2D eigenvalue weighted by Gasteiger charge is 2.05. The summed E-state index contributed by atoms with van der Waals surface area (Å²) in [6.07, 6.45) is -0.439. The Labute approximate surface area is 88.2 Å². The molecule has 0 saturated heterocycles. The molecule has 0 aliphatic rings. The van der Waals surface area contributed by atoms with Gasteiger partial charge in [0.05, 0.1) is 0 Å². The fourth-order valence-electron chi connectivity index (χ4n) is 0.961. The molecule has 0 heterocycles. The van der Waals surface area contributed by atoms with Crippen LogP contribution in [-0.4, -0.2) is 12.0 Å². The van der Waals surface area contributed by atoms with Crippen LogP contribution in [0.2, 0.25) is 0 Å². The van der Waals surface area contributed by atoms with Crippen LogP contribution in [0.5, 0.6) is 0 Å². The normalized spacial score (nSPS) is 9.40. The van der Waals surface area contributed by atoms with Crippen molar-refractivity contribution >= 4 is 12.0 Å². The largest absolute Gasteiger partial charge is 0.444 e. The number of amides is 2. The van der Waals surface area contributed by atoms with Crippen molar-refractivity contribution in [2.45, 2.75) is 20.0 Å². The minimum absolute atomic E-state index is 0.170. The lowest BCUT2D eigenvalue weighted by molar-refractivity contribution is -0.120. The molecule has 0 unspecified atom stereocenters. The van der Waals surface area contributed by atoms with E-state index in [0.717, 1.165) is 5.56 Å². The zero-order valence-electron chi connectivity index (χ0n) is 8.53. The molecule has 1 aromatic rings. The predicted octanol–water partition coefficient (Wildman–Crippen LogP) is 1.85. The summed E-state index contributed by atoms with van der Waals surface area (Å²) in [7, 11) is 0. The van der Waals surface area contributed by atoms with Crippen LogP contribution >= 0.6 is 0 Å². The van der Waals surface area contributed by atoms with Crippen LogP contribution in [-0.2, 0) is 16.1 Å². The molecule has 1 rings (SSSR count). The van der Waals surface area contributed by atoms with E-state index in [4.69, 9.17) is 4.74 Å². The molecule has 0 aliphatic carbocycles. The molecule has 1 N–H and O–H groups in total. The van der Waals surface area contributed by atoms with E-state index in [1.165, 1.54) is 0 Å². The van der Waals surface area contributed by atoms with Crippen molar-refractivity contribution in [3.63, 3.8) is 0 Å². The zero-order valence-corrected chi connectivity index (χ0v) is 8.53. The lowest BCUT2D eigenvalue weighted by Gasteiger charge is -2.04. The van der Waals surface area contributed by atoms with Crippen LogP contribution in [0.15, 0.2) is 30.3 Å². The van der Waals surface area contributed by atoms with E-state index < -0.39 is 6.09 Å². The molecule has 0 atom stereocenters. The monoisotopic (exact) mass is 207 g/mol. The number of imide groups is 1. The van der Waals surface area contributed by atoms with Crippen molar-refractivity contribution < 1.29 is 14.3 Å². The molecule has 80 valence electrons. The Morgan fingerprint density at radius 2 is 1.93 bits per heavy atom. The van der Waals surface area contributed by atoms with Gasteiger partial charge in [0.15, 0.2) is 0 Å². The van der Waals surface area contributed by atoms with E-state index in [9.17, 15) is 9.59 Å². The standard InChI is InChI=1S/C11H13NO3/c1-2-10(13)12-11(14)15-8-9-6-4-3-5-7-9/h3-7H,2,8H2,1H3,(H,12,13,14). The van der Waals surface area contributed by atoms with Crippen LogP contribution in [0.25, 0.3) is 0 Å². The first-order valence-corrected chi connectivity index (χ1v) is 4.73. The second-order valence-corrected chi connectivity index (χ2v) is 2.96. The molecule has 0 aromatic heterocycles. The van der Waals surface area contributed by atoms with Crippen LogP contribution in [0.4, 0.5) is 4.79 Å². The van der Waals surface area contributed by atoms with Gasteiger partial charge < -0.3 is 4.74 Å². The molecule has 0 fully saturated rings. The van der Waals surface area contributed by atoms with E-state index >= 15 is 0 Å². The summed E-state index contributed by atoms with van der Waals surface area (Å²) in [5.41, 5.74) is 0.886. The first kappa shape index (κ1) is 11.2. The fraction of sp³-hybridized carbons (Fsp3) is 0.273. The van der Waals surface area contributed by atoms with E-state index in [1.54, 1.807) is 6.92 Å². The van der Waals surface area contributed by atoms with Crippen molar-refractivity contribution in [1.82, 2.24) is 5.32 Å². The molecule has 4 nitrogen and oxygen atoms in total. The molecule has 15 heavy (non-hydrogen) atoms. The maximum atomic E-state index is 11.0. The van der Waals surface area contributed by atoms with Crippen LogP contribution in [0, 0.1) is 0 Å². The number of hydrogen-bond donors (Lipinski definition) is 1. The number of ether oxygens (including phenoxy) is 1. The zero-order chi connectivity index (χ0) is 11.1. The van der Waals surface area contributed by atoms with E-state index in [0.29, 0.717) is 0 Å². The minimum Gasteiger partial charge on any atom is -0.444 e. The van der Waals surface area contributed by atoms with Crippen molar-refractivity contribution in [1.29, 1.82) is 0 Å². The molecule has 4 heteroatoms. The van der Waals surface area contributed by atoms with Crippen molar-refractivity contribution in [3.8, 4) is 0 Å². The van der Waals surface area contributed by atoms with Crippen molar-refractivity contribution in [3.05, 3.63) is 35.9 Å². The summed E-state index contributed by atoms with van der Waals surface area (Å²) in [5, 5.41) is 2.10. The maximum absolute atomic E-state index is 11.0. The molecular weight excluding hydrogens is 194 g/mol. The van der Waals surface area contributed by atoms with Gasteiger partial charge in [-0.15, -0.1) is 0 Å². The van der Waals surface area contributed by atoms with E-state index in [-0.39, 0.29) is 18.9 Å². The fourth-order valence-corrected chi connectivity index (χ4v) is 0.961. The Morgan fingerprint density at radius 3 is 2.53 bits per heavy atom. The molecule has 0 radical (unpaired) electrons. The molecule has 1 aromatic carbocycles. The second-order valence-electron chi connectivity index (χ2n) is 2.96. The summed E-state index contributed by atoms with van der Waals surface area (Å²) in [6.45, 7) is 1.84. The third-order valence-electron chi connectivity index (χ3n) is 1.78. The van der Waals surface area contributed by atoms with E-state index in [1.807, 2.05) is 30.3 Å². The second kappa shape index (κ2) is 5.80. The number of carbonyl (C=O) groups is 2. The molecule has 0 spiro atoms. The number of alkyl carbamates (subject to hydrolysis) is 1. The van der Waals surface area contributed by atoms with E-state index in [2.05, 4.69) is 5.32 Å². The van der Waals surface area contributed by atoms with Gasteiger partial charge in [-0.1, -0.05) is 37.3 Å². The van der Waals surface area contributed by atoms with Gasteiger partial charge in [0, 0.05) is 6.42 Å². The first-order chi connectivity index (χ1) is 7.22. The Hall–Kier alpha value is -1.84.